The van der Waals surface area contributed by atoms with E-state index in [0.29, 0.717) is 0 Å². The molecule has 3 nitrogen and oxygen atoms in total. The van der Waals surface area contributed by atoms with Crippen LogP contribution < -0.4 is 5.73 Å². The highest BCUT2D eigenvalue weighted by Gasteiger charge is 2.08. The van der Waals surface area contributed by atoms with Crippen molar-refractivity contribution in [2.24, 2.45) is 5.73 Å². The van der Waals surface area contributed by atoms with Crippen molar-refractivity contribution in [3.8, 4) is 0 Å². The molecule has 2 N–H and O–H groups in total. The third kappa shape index (κ3) is 3.98. The van der Waals surface area contributed by atoms with E-state index in [2.05, 4.69) is 11.9 Å². The average Bonchev–Trinajstić information content (AvgIpc) is 2.25. The van der Waals surface area contributed by atoms with Gasteiger partial charge in [-0.1, -0.05) is 0 Å². The molecule has 0 amide bonds. The largest absolute Gasteiger partial charge is 0.382 e. The molecule has 0 aliphatic carbocycles. The number of nitrogens with two attached hydrogens (primary N) is 1. The Morgan fingerprint density at radius 2 is 2.33 bits per heavy atom. The molecule has 0 aliphatic rings. The Balaban J connectivity index is 2.40. The van der Waals surface area contributed by atoms with Crippen molar-refractivity contribution in [2.75, 3.05) is 13.2 Å². The zero-order valence-electron chi connectivity index (χ0n) is 9.57. The summed E-state index contributed by atoms with van der Waals surface area (Å²) in [6.07, 6.45) is 5.61. The molecule has 0 saturated heterocycles. The van der Waals surface area contributed by atoms with Crippen molar-refractivity contribution in [3.05, 3.63) is 29.6 Å². The van der Waals surface area contributed by atoms with E-state index in [-0.39, 0.29) is 6.04 Å². The van der Waals surface area contributed by atoms with Crippen LogP contribution >= 0.6 is 0 Å². The molecule has 0 aliphatic heterocycles. The van der Waals surface area contributed by atoms with Gasteiger partial charge in [-0.2, -0.15) is 0 Å². The fourth-order valence-corrected chi connectivity index (χ4v) is 1.57. The van der Waals surface area contributed by atoms with E-state index in [1.54, 1.807) is 6.20 Å². The fourth-order valence-electron chi connectivity index (χ4n) is 1.57. The highest BCUT2D eigenvalue weighted by molar-refractivity contribution is 5.24. The van der Waals surface area contributed by atoms with E-state index >= 15 is 0 Å². The second-order valence-electron chi connectivity index (χ2n) is 3.68. The quantitative estimate of drug-likeness (QED) is 0.729. The maximum atomic E-state index is 6.08. The zero-order valence-corrected chi connectivity index (χ0v) is 9.57. The first-order valence-electron chi connectivity index (χ1n) is 5.49. The van der Waals surface area contributed by atoms with Crippen LogP contribution in [0.1, 0.15) is 36.9 Å². The predicted octanol–water partition coefficient (Wildman–Crippen LogP) is 2.21. The predicted molar refractivity (Wildman–Crippen MR) is 61.6 cm³/mol. The van der Waals surface area contributed by atoms with E-state index in [1.165, 1.54) is 5.56 Å². The minimum absolute atomic E-state index is 0.0826. The summed E-state index contributed by atoms with van der Waals surface area (Å²) in [6, 6.07) is 2.08. The van der Waals surface area contributed by atoms with Crippen LogP contribution in [-0.4, -0.2) is 18.2 Å². The van der Waals surface area contributed by atoms with E-state index < -0.39 is 0 Å². The van der Waals surface area contributed by atoms with Crippen LogP contribution in [0.4, 0.5) is 0 Å². The van der Waals surface area contributed by atoms with Crippen LogP contribution in [-0.2, 0) is 4.74 Å². The van der Waals surface area contributed by atoms with E-state index in [4.69, 9.17) is 10.5 Å². The van der Waals surface area contributed by atoms with Gasteiger partial charge in [-0.15, -0.1) is 0 Å². The van der Waals surface area contributed by atoms with Gasteiger partial charge < -0.3 is 10.5 Å². The highest BCUT2D eigenvalue weighted by atomic mass is 16.5. The monoisotopic (exact) mass is 208 g/mol. The summed E-state index contributed by atoms with van der Waals surface area (Å²) in [5.41, 5.74) is 8.45. The molecule has 0 fully saturated rings. The Labute approximate surface area is 91.7 Å². The average molecular weight is 208 g/mol. The number of aromatic nitrogens is 1. The molecule has 0 bridgehead atoms. The van der Waals surface area contributed by atoms with Gasteiger partial charge in [0.05, 0.1) is 0 Å². The van der Waals surface area contributed by atoms with E-state index in [1.807, 2.05) is 19.2 Å². The maximum Gasteiger partial charge on any atom is 0.0466 e. The molecule has 1 aromatic rings. The molecule has 1 heterocycles. The van der Waals surface area contributed by atoms with Crippen LogP contribution in [0.5, 0.6) is 0 Å². The molecule has 1 rings (SSSR count). The molecule has 1 unspecified atom stereocenters. The molecule has 1 atom stereocenters. The van der Waals surface area contributed by atoms with Crippen LogP contribution in [0.2, 0.25) is 0 Å². The Morgan fingerprint density at radius 3 is 3.00 bits per heavy atom. The van der Waals surface area contributed by atoms with Crippen LogP contribution in [0.15, 0.2) is 18.5 Å². The third-order valence-corrected chi connectivity index (χ3v) is 2.49. The second-order valence-corrected chi connectivity index (χ2v) is 3.68. The first-order chi connectivity index (χ1) is 7.25. The Morgan fingerprint density at radius 1 is 1.53 bits per heavy atom. The second kappa shape index (κ2) is 6.53. The number of aryl methyl sites for hydroxylation is 1. The Bertz CT molecular complexity index is 289. The van der Waals surface area contributed by atoms with Crippen molar-refractivity contribution in [1.29, 1.82) is 0 Å². The van der Waals surface area contributed by atoms with Gasteiger partial charge in [0, 0.05) is 31.6 Å². The lowest BCUT2D eigenvalue weighted by Gasteiger charge is -2.13. The lowest BCUT2D eigenvalue weighted by atomic mass is 10.0. The van der Waals surface area contributed by atoms with Crippen LogP contribution in [0.25, 0.3) is 0 Å². The summed E-state index contributed by atoms with van der Waals surface area (Å²) in [7, 11) is 0. The number of hydrogen-bond acceptors (Lipinski definition) is 3. The molecule has 0 radical (unpaired) electrons. The molecule has 3 heteroatoms. The first-order valence-corrected chi connectivity index (χ1v) is 5.49. The Kier molecular flexibility index (Phi) is 5.29. The van der Waals surface area contributed by atoms with E-state index in [0.717, 1.165) is 31.6 Å². The number of ether oxygens (including phenoxy) is 1. The van der Waals surface area contributed by atoms with Crippen molar-refractivity contribution in [1.82, 2.24) is 4.98 Å². The molecule has 0 spiro atoms. The number of nitrogens with zero attached hydrogens (tertiary/aromatic N) is 1. The summed E-state index contributed by atoms with van der Waals surface area (Å²) >= 11 is 0. The van der Waals surface area contributed by atoms with Gasteiger partial charge >= 0.3 is 0 Å². The van der Waals surface area contributed by atoms with Crippen LogP contribution in [0.3, 0.4) is 0 Å². The van der Waals surface area contributed by atoms with Crippen molar-refractivity contribution >= 4 is 0 Å². The topological polar surface area (TPSA) is 48.1 Å². The molecule has 0 saturated carbocycles. The summed E-state index contributed by atoms with van der Waals surface area (Å²) in [5.74, 6) is 0. The smallest absolute Gasteiger partial charge is 0.0466 e. The number of hydrogen-bond donors (Lipinski definition) is 1. The van der Waals surface area contributed by atoms with Crippen molar-refractivity contribution < 1.29 is 4.74 Å². The summed E-state index contributed by atoms with van der Waals surface area (Å²) in [5, 5.41) is 0. The van der Waals surface area contributed by atoms with Gasteiger partial charge in [-0.3, -0.25) is 4.98 Å². The number of pyridine rings is 1. The summed E-state index contributed by atoms with van der Waals surface area (Å²) < 4.78 is 5.28. The molecular formula is C12H20N2O. The van der Waals surface area contributed by atoms with Gasteiger partial charge in [0.2, 0.25) is 0 Å². The van der Waals surface area contributed by atoms with Crippen molar-refractivity contribution in [2.45, 2.75) is 32.7 Å². The normalized spacial score (nSPS) is 12.7. The maximum absolute atomic E-state index is 6.08. The minimum Gasteiger partial charge on any atom is -0.382 e. The highest BCUT2D eigenvalue weighted by Crippen LogP contribution is 2.18. The van der Waals surface area contributed by atoms with Gasteiger partial charge in [0.25, 0.3) is 0 Å². The fraction of sp³-hybridized carbons (Fsp3) is 0.583. The molecular weight excluding hydrogens is 188 g/mol. The number of rotatable bonds is 6. The molecule has 0 aromatic carbocycles. The Hall–Kier alpha value is -0.930. The van der Waals surface area contributed by atoms with Crippen molar-refractivity contribution in [3.63, 3.8) is 0 Å². The molecule has 84 valence electrons. The lowest BCUT2D eigenvalue weighted by Crippen LogP contribution is -2.13. The van der Waals surface area contributed by atoms with Gasteiger partial charge in [0.1, 0.15) is 0 Å². The first kappa shape index (κ1) is 12.1. The lowest BCUT2D eigenvalue weighted by molar-refractivity contribution is 0.142. The molecule has 1 aromatic heterocycles. The van der Waals surface area contributed by atoms with Gasteiger partial charge in [0.15, 0.2) is 0 Å². The molecule has 15 heavy (non-hydrogen) atoms. The van der Waals surface area contributed by atoms with Gasteiger partial charge in [-0.05, 0) is 43.9 Å². The van der Waals surface area contributed by atoms with Gasteiger partial charge in [-0.25, -0.2) is 0 Å². The third-order valence-electron chi connectivity index (χ3n) is 2.49. The summed E-state index contributed by atoms with van der Waals surface area (Å²) in [6.45, 7) is 5.65. The SMILES string of the molecule is CCOCCCC(N)c1cnccc1C. The standard InChI is InChI=1S/C12H20N2O/c1-3-15-8-4-5-12(13)11-9-14-7-6-10(11)2/h6-7,9,12H,3-5,8,13H2,1-2H3. The minimum atomic E-state index is 0.0826. The van der Waals surface area contributed by atoms with E-state index in [9.17, 15) is 0 Å². The summed E-state index contributed by atoms with van der Waals surface area (Å²) in [4.78, 5) is 4.10. The zero-order chi connectivity index (χ0) is 11.1. The van der Waals surface area contributed by atoms with Crippen LogP contribution in [0, 0.1) is 6.92 Å².